The zero-order chi connectivity index (χ0) is 12.8. The van der Waals surface area contributed by atoms with Crippen molar-refractivity contribution in [1.29, 1.82) is 0 Å². The number of amides is 1. The van der Waals surface area contributed by atoms with E-state index in [1.807, 2.05) is 24.3 Å². The number of hydrogen-bond donors (Lipinski definition) is 1. The van der Waals surface area contributed by atoms with Gasteiger partial charge in [-0.15, -0.1) is 12.4 Å². The Balaban J connectivity index is 0.00000180. The van der Waals surface area contributed by atoms with Crippen LogP contribution in [0.3, 0.4) is 0 Å². The summed E-state index contributed by atoms with van der Waals surface area (Å²) in [6, 6.07) is 11.0. The fraction of sp³-hybridized carbons (Fsp3) is 0.143. The van der Waals surface area contributed by atoms with Gasteiger partial charge in [-0.1, -0.05) is 23.7 Å². The van der Waals surface area contributed by atoms with Crippen LogP contribution < -0.4 is 5.32 Å². The van der Waals surface area contributed by atoms with E-state index in [0.717, 1.165) is 12.0 Å². The van der Waals surface area contributed by atoms with Gasteiger partial charge in [0.1, 0.15) is 0 Å². The van der Waals surface area contributed by atoms with Crippen LogP contribution in [-0.4, -0.2) is 17.4 Å². The standard InChI is InChI=1S/C14H13ClN2O.ClH/c15-13-3-1-2-11(10-13)4-9-17-14(18)12-5-7-16-8-6-12;/h1-3,5-8,10H,4,9H2,(H,17,18);1H. The first-order valence-corrected chi connectivity index (χ1v) is 6.06. The van der Waals surface area contributed by atoms with Crippen molar-refractivity contribution in [2.24, 2.45) is 0 Å². The van der Waals surface area contributed by atoms with Crippen molar-refractivity contribution in [3.05, 3.63) is 64.9 Å². The Hall–Kier alpha value is -1.58. The molecule has 0 atom stereocenters. The predicted molar refractivity (Wildman–Crippen MR) is 79.0 cm³/mol. The minimum atomic E-state index is -0.0839. The first kappa shape index (κ1) is 15.5. The van der Waals surface area contributed by atoms with Gasteiger partial charge in [-0.3, -0.25) is 9.78 Å². The summed E-state index contributed by atoms with van der Waals surface area (Å²) in [4.78, 5) is 15.6. The second-order valence-corrected chi connectivity index (χ2v) is 4.31. The van der Waals surface area contributed by atoms with Crippen molar-refractivity contribution in [3.63, 3.8) is 0 Å². The van der Waals surface area contributed by atoms with Gasteiger partial charge >= 0.3 is 0 Å². The van der Waals surface area contributed by atoms with E-state index >= 15 is 0 Å². The molecular weight excluding hydrogens is 283 g/mol. The molecule has 3 nitrogen and oxygen atoms in total. The van der Waals surface area contributed by atoms with Gasteiger partial charge in [0.25, 0.3) is 5.91 Å². The van der Waals surface area contributed by atoms with Crippen LogP contribution in [0, 0.1) is 0 Å². The van der Waals surface area contributed by atoms with Crippen molar-refractivity contribution < 1.29 is 4.79 Å². The number of benzene rings is 1. The molecule has 0 aliphatic heterocycles. The highest BCUT2D eigenvalue weighted by atomic mass is 35.5. The molecule has 5 heteroatoms. The van der Waals surface area contributed by atoms with Crippen LogP contribution in [0.25, 0.3) is 0 Å². The van der Waals surface area contributed by atoms with E-state index < -0.39 is 0 Å². The third-order valence-electron chi connectivity index (χ3n) is 2.53. The molecule has 0 radical (unpaired) electrons. The molecule has 1 aromatic carbocycles. The van der Waals surface area contributed by atoms with Crippen LogP contribution in [0.1, 0.15) is 15.9 Å². The molecule has 0 unspecified atom stereocenters. The van der Waals surface area contributed by atoms with E-state index in [9.17, 15) is 4.79 Å². The van der Waals surface area contributed by atoms with Crippen molar-refractivity contribution in [2.75, 3.05) is 6.54 Å². The molecule has 19 heavy (non-hydrogen) atoms. The molecule has 1 N–H and O–H groups in total. The monoisotopic (exact) mass is 296 g/mol. The van der Waals surface area contributed by atoms with Crippen molar-refractivity contribution in [2.45, 2.75) is 6.42 Å². The molecule has 0 aliphatic carbocycles. The third kappa shape index (κ3) is 4.89. The molecule has 0 fully saturated rings. The van der Waals surface area contributed by atoms with Crippen molar-refractivity contribution in [3.8, 4) is 0 Å². The molecule has 1 heterocycles. The second-order valence-electron chi connectivity index (χ2n) is 3.87. The summed E-state index contributed by atoms with van der Waals surface area (Å²) in [6.07, 6.45) is 3.97. The Kier molecular flexibility index (Phi) is 6.33. The SMILES string of the molecule is Cl.O=C(NCCc1cccc(Cl)c1)c1ccncc1. The highest BCUT2D eigenvalue weighted by Gasteiger charge is 2.03. The normalized spacial score (nSPS) is 9.53. The summed E-state index contributed by atoms with van der Waals surface area (Å²) in [5.41, 5.74) is 1.73. The number of aromatic nitrogens is 1. The summed E-state index contributed by atoms with van der Waals surface area (Å²) in [7, 11) is 0. The van der Waals surface area contributed by atoms with Gasteiger partial charge in [0, 0.05) is 29.5 Å². The lowest BCUT2D eigenvalue weighted by Gasteiger charge is -2.05. The van der Waals surface area contributed by atoms with Crippen LogP contribution in [0.2, 0.25) is 5.02 Å². The molecule has 0 aliphatic rings. The van der Waals surface area contributed by atoms with Crippen LogP contribution in [-0.2, 0) is 6.42 Å². The highest BCUT2D eigenvalue weighted by Crippen LogP contribution is 2.10. The van der Waals surface area contributed by atoms with Gasteiger partial charge < -0.3 is 5.32 Å². The van der Waals surface area contributed by atoms with Crippen molar-refractivity contribution >= 4 is 29.9 Å². The Labute approximate surface area is 123 Å². The van der Waals surface area contributed by atoms with E-state index in [2.05, 4.69) is 10.3 Å². The molecule has 2 rings (SSSR count). The van der Waals surface area contributed by atoms with Crippen molar-refractivity contribution in [1.82, 2.24) is 10.3 Å². The van der Waals surface area contributed by atoms with Crippen LogP contribution in [0.15, 0.2) is 48.8 Å². The minimum Gasteiger partial charge on any atom is -0.352 e. The first-order valence-electron chi connectivity index (χ1n) is 5.68. The summed E-state index contributed by atoms with van der Waals surface area (Å²) in [5, 5.41) is 3.57. The fourth-order valence-electron chi connectivity index (χ4n) is 1.62. The lowest BCUT2D eigenvalue weighted by atomic mass is 10.1. The topological polar surface area (TPSA) is 42.0 Å². The molecule has 1 amide bonds. The number of nitrogens with one attached hydrogen (secondary N) is 1. The number of pyridine rings is 1. The number of nitrogens with zero attached hydrogens (tertiary/aromatic N) is 1. The van der Waals surface area contributed by atoms with Crippen LogP contribution in [0.5, 0.6) is 0 Å². The number of rotatable bonds is 4. The van der Waals surface area contributed by atoms with Gasteiger partial charge in [-0.25, -0.2) is 0 Å². The molecule has 0 saturated carbocycles. The maximum Gasteiger partial charge on any atom is 0.251 e. The first-order chi connectivity index (χ1) is 8.75. The van der Waals surface area contributed by atoms with E-state index in [0.29, 0.717) is 17.1 Å². The molecule has 0 bridgehead atoms. The predicted octanol–water partition coefficient (Wildman–Crippen LogP) is 3.13. The van der Waals surface area contributed by atoms with E-state index in [1.165, 1.54) is 0 Å². The number of carbonyl (C=O) groups excluding carboxylic acids is 1. The minimum absolute atomic E-state index is 0. The maximum absolute atomic E-state index is 11.7. The number of halogens is 2. The molecule has 100 valence electrons. The Morgan fingerprint density at radius 2 is 1.95 bits per heavy atom. The maximum atomic E-state index is 11.7. The quantitative estimate of drug-likeness (QED) is 0.942. The summed E-state index contributed by atoms with van der Waals surface area (Å²) < 4.78 is 0. The average molecular weight is 297 g/mol. The summed E-state index contributed by atoms with van der Waals surface area (Å²) >= 11 is 5.89. The largest absolute Gasteiger partial charge is 0.352 e. The highest BCUT2D eigenvalue weighted by molar-refractivity contribution is 6.30. The summed E-state index contributed by atoms with van der Waals surface area (Å²) in [5.74, 6) is -0.0839. The van der Waals surface area contributed by atoms with Crippen LogP contribution in [0.4, 0.5) is 0 Å². The van der Waals surface area contributed by atoms with Gasteiger partial charge in [-0.05, 0) is 36.2 Å². The zero-order valence-corrected chi connectivity index (χ0v) is 11.7. The van der Waals surface area contributed by atoms with Gasteiger partial charge in [0.05, 0.1) is 0 Å². The van der Waals surface area contributed by atoms with Crippen LogP contribution >= 0.6 is 24.0 Å². The lowest BCUT2D eigenvalue weighted by Crippen LogP contribution is -2.25. The van der Waals surface area contributed by atoms with E-state index in [4.69, 9.17) is 11.6 Å². The Bertz CT molecular complexity index is 532. The smallest absolute Gasteiger partial charge is 0.251 e. The Morgan fingerprint density at radius 1 is 1.21 bits per heavy atom. The second kappa shape index (κ2) is 7.77. The molecule has 2 aromatic rings. The van der Waals surface area contributed by atoms with E-state index in [-0.39, 0.29) is 18.3 Å². The number of carbonyl (C=O) groups is 1. The Morgan fingerprint density at radius 3 is 2.63 bits per heavy atom. The fourth-order valence-corrected chi connectivity index (χ4v) is 1.83. The average Bonchev–Trinajstić information content (AvgIpc) is 2.40. The van der Waals surface area contributed by atoms with Gasteiger partial charge in [0.2, 0.25) is 0 Å². The van der Waals surface area contributed by atoms with Gasteiger partial charge in [-0.2, -0.15) is 0 Å². The lowest BCUT2D eigenvalue weighted by molar-refractivity contribution is 0.0954. The molecule has 0 spiro atoms. The molecule has 0 saturated heterocycles. The van der Waals surface area contributed by atoms with Gasteiger partial charge in [0.15, 0.2) is 0 Å². The third-order valence-corrected chi connectivity index (χ3v) is 2.77. The summed E-state index contributed by atoms with van der Waals surface area (Å²) in [6.45, 7) is 0.585. The molecular formula is C14H14Cl2N2O. The zero-order valence-electron chi connectivity index (χ0n) is 10.2. The van der Waals surface area contributed by atoms with E-state index in [1.54, 1.807) is 24.5 Å². The number of hydrogen-bond acceptors (Lipinski definition) is 2. The molecule has 1 aromatic heterocycles.